The Morgan fingerprint density at radius 2 is 1.21 bits per heavy atom. The van der Waals surface area contributed by atoms with Crippen molar-refractivity contribution in [2.75, 3.05) is 0 Å². The second-order valence-electron chi connectivity index (χ2n) is 2.01. The summed E-state index contributed by atoms with van der Waals surface area (Å²) in [5, 5.41) is 0. The second-order valence-corrected chi connectivity index (χ2v) is 2.01. The summed E-state index contributed by atoms with van der Waals surface area (Å²) in [6, 6.07) is 0. The molecule has 0 N–H and O–H groups in total. The van der Waals surface area contributed by atoms with E-state index in [9.17, 15) is 0 Å². The molecule has 0 aliphatic heterocycles. The van der Waals surface area contributed by atoms with Crippen LogP contribution in [0, 0.1) is 27.0 Å². The van der Waals surface area contributed by atoms with E-state index >= 15 is 0 Å². The normalized spacial score (nSPS) is 12.9. The van der Waals surface area contributed by atoms with Crippen molar-refractivity contribution in [3.8, 4) is 0 Å². The summed E-state index contributed by atoms with van der Waals surface area (Å²) in [6.45, 7) is 2.03. The molecule has 0 atom stereocenters. The summed E-state index contributed by atoms with van der Waals surface area (Å²) in [7, 11) is 0. The molecule has 0 heterocycles. The van der Waals surface area contributed by atoms with Gasteiger partial charge in [0, 0.05) is 0 Å². The summed E-state index contributed by atoms with van der Waals surface area (Å²) in [4.78, 5) is 0. The van der Waals surface area contributed by atoms with Crippen LogP contribution >= 0.6 is 0 Å². The zero-order valence-electron chi connectivity index (χ0n) is 9.29. The quantitative estimate of drug-likeness (QED) is 0.472. The Bertz CT molecular complexity index is 160. The maximum atomic E-state index is 2.99. The first-order chi connectivity index (χ1) is 6.00. The van der Waals surface area contributed by atoms with Gasteiger partial charge in [-0.15, -0.1) is 12.8 Å². The van der Waals surface area contributed by atoms with Gasteiger partial charge in [0.15, 0.2) is 0 Å². The van der Waals surface area contributed by atoms with Gasteiger partial charge in [0.1, 0.15) is 0 Å². The van der Waals surface area contributed by atoms with Gasteiger partial charge in [-0.25, -0.2) is 24.3 Å². The van der Waals surface area contributed by atoms with Crippen molar-refractivity contribution in [1.29, 1.82) is 0 Å². The fourth-order valence-electron chi connectivity index (χ4n) is 0.680. The Hall–Kier alpha value is 0.0600. The van der Waals surface area contributed by atoms with E-state index < -0.39 is 0 Å². The van der Waals surface area contributed by atoms with Crippen LogP contribution in [0.4, 0.5) is 0 Å². The molecule has 0 fully saturated rings. The van der Waals surface area contributed by atoms with Crippen LogP contribution in [0.2, 0.25) is 0 Å². The maximum absolute atomic E-state index is 2.99. The molecule has 0 spiro atoms. The van der Waals surface area contributed by atoms with E-state index in [0.717, 1.165) is 12.8 Å². The van der Waals surface area contributed by atoms with E-state index in [2.05, 4.69) is 24.3 Å². The van der Waals surface area contributed by atoms with Crippen molar-refractivity contribution >= 4 is 6.88 Å². The average molecular weight is 284 g/mol. The van der Waals surface area contributed by atoms with Gasteiger partial charge < -0.3 is 14.9 Å². The Kier molecular flexibility index (Phi) is 26.3. The second kappa shape index (κ2) is 18.8. The molecular formula is C12H20SiZr-4. The molecule has 0 aromatic rings. The van der Waals surface area contributed by atoms with Crippen LogP contribution in [-0.2, 0) is 23.3 Å². The molecule has 0 amide bonds. The first kappa shape index (κ1) is 19.6. The fourth-order valence-corrected chi connectivity index (χ4v) is 0.680. The first-order valence-electron chi connectivity index (χ1n) is 3.93. The van der Waals surface area contributed by atoms with E-state index in [-0.39, 0.29) is 14.9 Å². The molecule has 0 unspecified atom stereocenters. The van der Waals surface area contributed by atoms with Gasteiger partial charge in [0.2, 0.25) is 0 Å². The predicted octanol–water partition coefficient (Wildman–Crippen LogP) is 2.06. The summed E-state index contributed by atoms with van der Waals surface area (Å²) < 4.78 is 0. The van der Waals surface area contributed by atoms with Gasteiger partial charge in [-0.2, -0.15) is 12.2 Å². The number of allylic oxidation sites excluding steroid dienone is 8. The molecular weight excluding hydrogens is 263 g/mol. The minimum absolute atomic E-state index is 0. The van der Waals surface area contributed by atoms with Crippen LogP contribution in [0.5, 0.6) is 0 Å². The van der Waals surface area contributed by atoms with Crippen molar-refractivity contribution < 1.29 is 23.3 Å². The van der Waals surface area contributed by atoms with Crippen LogP contribution in [0.1, 0.15) is 12.8 Å². The van der Waals surface area contributed by atoms with Crippen molar-refractivity contribution in [1.82, 2.24) is 0 Å². The Balaban J connectivity index is -0.000000131. The van der Waals surface area contributed by atoms with Crippen molar-refractivity contribution in [3.05, 3.63) is 63.5 Å². The van der Waals surface area contributed by atoms with Crippen LogP contribution in [0.25, 0.3) is 0 Å². The standard InChI is InChI=1S/2C5H5.2CH3.H2Si.Zr.2H/c2*1-2-4-5-3-1;;;;;;/h2*1-3H,4H2;2*1H3;1H2;;;/q4*-1;;;;. The van der Waals surface area contributed by atoms with Gasteiger partial charge in [-0.05, 0) is 0 Å². The summed E-state index contributed by atoms with van der Waals surface area (Å²) in [5.74, 6) is 0. The van der Waals surface area contributed by atoms with Gasteiger partial charge >= 0.3 is 30.2 Å². The third-order valence-corrected chi connectivity index (χ3v) is 1.17. The monoisotopic (exact) mass is 282 g/mol. The van der Waals surface area contributed by atoms with Crippen LogP contribution in [0.15, 0.2) is 36.5 Å². The molecule has 0 saturated heterocycles. The van der Waals surface area contributed by atoms with Crippen LogP contribution < -0.4 is 0 Å². The van der Waals surface area contributed by atoms with E-state index in [1.54, 1.807) is 0 Å². The third kappa shape index (κ3) is 14.6. The molecule has 2 heteroatoms. The third-order valence-electron chi connectivity index (χ3n) is 1.17. The molecule has 2 aliphatic carbocycles. The van der Waals surface area contributed by atoms with Crippen molar-refractivity contribution in [2.45, 2.75) is 12.8 Å². The molecule has 80 valence electrons. The number of hydrogen-bond donors (Lipinski definition) is 0. The summed E-state index contributed by atoms with van der Waals surface area (Å²) >= 11 is 1.18. The van der Waals surface area contributed by atoms with Crippen LogP contribution in [0.3, 0.4) is 0 Å². The van der Waals surface area contributed by atoms with Crippen molar-refractivity contribution in [2.24, 2.45) is 0 Å². The first-order valence-corrected chi connectivity index (χ1v) is 12.3. The van der Waals surface area contributed by atoms with E-state index in [1.165, 1.54) is 23.3 Å². The van der Waals surface area contributed by atoms with E-state index in [4.69, 9.17) is 0 Å². The Morgan fingerprint density at radius 3 is 1.29 bits per heavy atom. The topological polar surface area (TPSA) is 0 Å². The van der Waals surface area contributed by atoms with Crippen molar-refractivity contribution in [3.63, 3.8) is 0 Å². The SMILES string of the molecule is [C-]1=CC=CC1.[C-]1=CC=CC1.[CH3-].[CH3-].[SiH2]=[ZrH2]. The Morgan fingerprint density at radius 1 is 0.857 bits per heavy atom. The molecule has 2 rings (SSSR count). The van der Waals surface area contributed by atoms with E-state index in [1.807, 2.05) is 31.2 Å². The molecule has 0 nitrogen and oxygen atoms in total. The van der Waals surface area contributed by atoms with Crippen LogP contribution in [-0.4, -0.2) is 6.88 Å². The molecule has 0 saturated carbocycles. The Labute approximate surface area is 106 Å². The molecule has 2 aliphatic rings. The van der Waals surface area contributed by atoms with E-state index in [0.29, 0.717) is 0 Å². The van der Waals surface area contributed by atoms with Gasteiger partial charge in [-0.3, -0.25) is 12.2 Å². The van der Waals surface area contributed by atoms with Gasteiger partial charge in [-0.1, -0.05) is 0 Å². The minimum atomic E-state index is 0. The fraction of sp³-hybridized carbons (Fsp3) is 0.167. The molecule has 0 aromatic carbocycles. The zero-order valence-corrected chi connectivity index (χ0v) is 14.2. The van der Waals surface area contributed by atoms with Gasteiger partial charge in [0.05, 0.1) is 0 Å². The summed E-state index contributed by atoms with van der Waals surface area (Å²) in [6.07, 6.45) is 20.0. The number of hydrogen-bond acceptors (Lipinski definition) is 0. The molecule has 0 bridgehead atoms. The average Bonchev–Trinajstić information content (AvgIpc) is 2.87. The molecule has 0 radical (unpaired) electrons. The predicted molar refractivity (Wildman–Crippen MR) is 67.3 cm³/mol. The molecule has 0 aromatic heterocycles. The zero-order chi connectivity index (χ0) is 9.07. The summed E-state index contributed by atoms with van der Waals surface area (Å²) in [5.41, 5.74) is 0. The van der Waals surface area contributed by atoms with Gasteiger partial charge in [0.25, 0.3) is 0 Å². The molecule has 14 heavy (non-hydrogen) atoms. The number of rotatable bonds is 0.